The molecule has 0 bridgehead atoms. The van der Waals surface area contributed by atoms with Gasteiger partial charge in [-0.3, -0.25) is 0 Å². The van der Waals surface area contributed by atoms with E-state index in [4.69, 9.17) is 4.98 Å². The Hall–Kier alpha value is -1.32. The zero-order valence-corrected chi connectivity index (χ0v) is 12.9. The van der Waals surface area contributed by atoms with E-state index in [0.717, 1.165) is 17.5 Å². The Morgan fingerprint density at radius 3 is 2.50 bits per heavy atom. The van der Waals surface area contributed by atoms with Crippen LogP contribution in [0.5, 0.6) is 0 Å². The predicted molar refractivity (Wildman–Crippen MR) is 83.2 cm³/mol. The molecule has 2 fully saturated rings. The molecule has 1 aromatic heterocycles. The standard InChI is InChI=1S/C16H26N4/c1-16(2)9-5-4-6-12(16)18-14-10-13(17-3)19-15(20-14)11-7-8-11/h10-12H,4-9H2,1-3H3,(H2,17,18,19,20). The lowest BCUT2D eigenvalue weighted by molar-refractivity contribution is 0.216. The van der Waals surface area contributed by atoms with E-state index in [1.54, 1.807) is 0 Å². The van der Waals surface area contributed by atoms with Crippen LogP contribution in [0.2, 0.25) is 0 Å². The fourth-order valence-electron chi connectivity index (χ4n) is 3.13. The van der Waals surface area contributed by atoms with Crippen molar-refractivity contribution in [2.24, 2.45) is 5.41 Å². The van der Waals surface area contributed by atoms with Crippen LogP contribution in [0.4, 0.5) is 11.6 Å². The second kappa shape index (κ2) is 5.23. The van der Waals surface area contributed by atoms with Crippen LogP contribution in [0.3, 0.4) is 0 Å². The molecule has 2 aliphatic carbocycles. The van der Waals surface area contributed by atoms with E-state index >= 15 is 0 Å². The van der Waals surface area contributed by atoms with Gasteiger partial charge in [0.05, 0.1) is 0 Å². The molecule has 0 aromatic carbocycles. The van der Waals surface area contributed by atoms with Crippen molar-refractivity contribution < 1.29 is 0 Å². The lowest BCUT2D eigenvalue weighted by Crippen LogP contribution is -2.39. The first-order chi connectivity index (χ1) is 9.58. The van der Waals surface area contributed by atoms with Gasteiger partial charge in [0.1, 0.15) is 17.5 Å². The lowest BCUT2D eigenvalue weighted by Gasteiger charge is -2.39. The molecule has 1 atom stereocenters. The van der Waals surface area contributed by atoms with Gasteiger partial charge in [0, 0.05) is 25.1 Å². The molecule has 2 N–H and O–H groups in total. The molecule has 1 unspecified atom stereocenters. The molecule has 4 nitrogen and oxygen atoms in total. The average Bonchev–Trinajstić information content (AvgIpc) is 3.25. The first-order valence-electron chi connectivity index (χ1n) is 7.92. The topological polar surface area (TPSA) is 49.8 Å². The Balaban J connectivity index is 1.80. The molecule has 4 heteroatoms. The first kappa shape index (κ1) is 13.7. The number of anilines is 2. The quantitative estimate of drug-likeness (QED) is 0.877. The smallest absolute Gasteiger partial charge is 0.136 e. The van der Waals surface area contributed by atoms with Gasteiger partial charge in [-0.25, -0.2) is 9.97 Å². The number of aromatic nitrogens is 2. The average molecular weight is 274 g/mol. The Morgan fingerprint density at radius 2 is 1.85 bits per heavy atom. The lowest BCUT2D eigenvalue weighted by atomic mass is 9.73. The third-order valence-corrected chi connectivity index (χ3v) is 4.77. The third kappa shape index (κ3) is 2.89. The fourth-order valence-corrected chi connectivity index (χ4v) is 3.13. The van der Waals surface area contributed by atoms with Crippen LogP contribution in [0.25, 0.3) is 0 Å². The number of nitrogens with zero attached hydrogens (tertiary/aromatic N) is 2. The molecule has 0 amide bonds. The third-order valence-electron chi connectivity index (χ3n) is 4.77. The largest absolute Gasteiger partial charge is 0.373 e. The molecule has 2 aliphatic rings. The summed E-state index contributed by atoms with van der Waals surface area (Å²) in [5, 5.41) is 6.84. The van der Waals surface area contributed by atoms with Gasteiger partial charge in [-0.1, -0.05) is 26.7 Å². The van der Waals surface area contributed by atoms with Crippen LogP contribution in [0.1, 0.15) is 64.1 Å². The van der Waals surface area contributed by atoms with Crippen molar-refractivity contribution in [3.05, 3.63) is 11.9 Å². The predicted octanol–water partition coefficient (Wildman–Crippen LogP) is 3.78. The van der Waals surface area contributed by atoms with E-state index < -0.39 is 0 Å². The monoisotopic (exact) mass is 274 g/mol. The molecule has 0 saturated heterocycles. The van der Waals surface area contributed by atoms with Crippen LogP contribution >= 0.6 is 0 Å². The summed E-state index contributed by atoms with van der Waals surface area (Å²) in [4.78, 5) is 9.32. The van der Waals surface area contributed by atoms with Crippen molar-refractivity contribution in [1.82, 2.24) is 9.97 Å². The summed E-state index contributed by atoms with van der Waals surface area (Å²) in [6.07, 6.45) is 7.68. The van der Waals surface area contributed by atoms with E-state index in [0.29, 0.717) is 17.4 Å². The van der Waals surface area contributed by atoms with Crippen LogP contribution in [0.15, 0.2) is 6.07 Å². The fraction of sp³-hybridized carbons (Fsp3) is 0.750. The molecule has 1 heterocycles. The molecule has 20 heavy (non-hydrogen) atoms. The normalized spacial score (nSPS) is 25.2. The highest BCUT2D eigenvalue weighted by atomic mass is 15.1. The van der Waals surface area contributed by atoms with E-state index in [9.17, 15) is 0 Å². The van der Waals surface area contributed by atoms with Gasteiger partial charge in [0.15, 0.2) is 0 Å². The van der Waals surface area contributed by atoms with E-state index in [-0.39, 0.29) is 0 Å². The van der Waals surface area contributed by atoms with E-state index in [2.05, 4.69) is 29.5 Å². The maximum Gasteiger partial charge on any atom is 0.136 e. The summed E-state index contributed by atoms with van der Waals surface area (Å²) >= 11 is 0. The van der Waals surface area contributed by atoms with Gasteiger partial charge in [-0.05, 0) is 31.1 Å². The Labute approximate surface area is 121 Å². The summed E-state index contributed by atoms with van der Waals surface area (Å²) in [7, 11) is 1.92. The molecule has 1 aromatic rings. The minimum absolute atomic E-state index is 0.350. The maximum absolute atomic E-state index is 4.74. The molecular weight excluding hydrogens is 248 g/mol. The summed E-state index contributed by atoms with van der Waals surface area (Å²) in [5.74, 6) is 3.51. The highest BCUT2D eigenvalue weighted by Gasteiger charge is 2.33. The number of nitrogens with one attached hydrogen (secondary N) is 2. The minimum atomic E-state index is 0.350. The van der Waals surface area contributed by atoms with E-state index in [1.807, 2.05) is 13.1 Å². The highest BCUT2D eigenvalue weighted by molar-refractivity contribution is 5.48. The second-order valence-corrected chi connectivity index (χ2v) is 6.95. The Morgan fingerprint density at radius 1 is 1.10 bits per heavy atom. The molecular formula is C16H26N4. The Kier molecular flexibility index (Phi) is 3.57. The van der Waals surface area contributed by atoms with Gasteiger partial charge >= 0.3 is 0 Å². The van der Waals surface area contributed by atoms with Gasteiger partial charge in [0.25, 0.3) is 0 Å². The number of rotatable bonds is 4. The summed E-state index contributed by atoms with van der Waals surface area (Å²) in [6, 6.07) is 2.55. The van der Waals surface area contributed by atoms with Crippen LogP contribution in [-0.4, -0.2) is 23.1 Å². The molecule has 3 rings (SSSR count). The van der Waals surface area contributed by atoms with Crippen LogP contribution in [0, 0.1) is 5.41 Å². The van der Waals surface area contributed by atoms with Crippen LogP contribution < -0.4 is 10.6 Å². The van der Waals surface area contributed by atoms with Gasteiger partial charge in [0.2, 0.25) is 0 Å². The zero-order chi connectivity index (χ0) is 14.2. The van der Waals surface area contributed by atoms with Crippen molar-refractivity contribution >= 4 is 11.6 Å². The molecule has 0 radical (unpaired) electrons. The molecule has 0 spiro atoms. The molecule has 110 valence electrons. The number of hydrogen-bond donors (Lipinski definition) is 2. The summed E-state index contributed by atoms with van der Waals surface area (Å²) in [6.45, 7) is 4.73. The van der Waals surface area contributed by atoms with Gasteiger partial charge < -0.3 is 10.6 Å². The molecule has 2 saturated carbocycles. The summed E-state index contributed by atoms with van der Waals surface area (Å²) in [5.41, 5.74) is 0.350. The van der Waals surface area contributed by atoms with Crippen molar-refractivity contribution in [2.75, 3.05) is 17.7 Å². The SMILES string of the molecule is CNc1cc(NC2CCCCC2(C)C)nc(C2CC2)n1. The zero-order valence-electron chi connectivity index (χ0n) is 12.9. The van der Waals surface area contributed by atoms with Crippen molar-refractivity contribution in [3.63, 3.8) is 0 Å². The van der Waals surface area contributed by atoms with Gasteiger partial charge in [-0.15, -0.1) is 0 Å². The molecule has 0 aliphatic heterocycles. The van der Waals surface area contributed by atoms with Gasteiger partial charge in [-0.2, -0.15) is 0 Å². The van der Waals surface area contributed by atoms with Crippen molar-refractivity contribution in [3.8, 4) is 0 Å². The first-order valence-corrected chi connectivity index (χ1v) is 7.92. The van der Waals surface area contributed by atoms with Crippen molar-refractivity contribution in [2.45, 2.75) is 64.3 Å². The second-order valence-electron chi connectivity index (χ2n) is 6.95. The maximum atomic E-state index is 4.74. The van der Waals surface area contributed by atoms with Crippen molar-refractivity contribution in [1.29, 1.82) is 0 Å². The van der Waals surface area contributed by atoms with Crippen LogP contribution in [-0.2, 0) is 0 Å². The summed E-state index contributed by atoms with van der Waals surface area (Å²) < 4.78 is 0. The Bertz CT molecular complexity index is 479. The van der Waals surface area contributed by atoms with E-state index in [1.165, 1.54) is 38.5 Å². The number of hydrogen-bond acceptors (Lipinski definition) is 4. The minimum Gasteiger partial charge on any atom is -0.373 e. The highest BCUT2D eigenvalue weighted by Crippen LogP contribution is 2.40.